The largest absolute Gasteiger partial charge is 0.391 e. The number of nitrogens with one attached hydrogen (secondary N) is 2. The molecule has 1 aromatic carbocycles. The zero-order valence-corrected chi connectivity index (χ0v) is 13.1. The van der Waals surface area contributed by atoms with Gasteiger partial charge in [-0.05, 0) is 37.6 Å². The molecule has 2 rings (SSSR count). The Labute approximate surface area is 133 Å². The molecule has 5 N–H and O–H groups in total. The Bertz CT molecular complexity index is 745. The Kier molecular flexibility index (Phi) is 5.13. The predicted molar refractivity (Wildman–Crippen MR) is 88.3 cm³/mol. The van der Waals surface area contributed by atoms with E-state index in [1.165, 1.54) is 0 Å². The minimum atomic E-state index is -0.578. The van der Waals surface area contributed by atoms with E-state index in [2.05, 4.69) is 15.6 Å². The molecule has 1 unspecified atom stereocenters. The molecule has 0 spiro atoms. The van der Waals surface area contributed by atoms with Gasteiger partial charge in [0, 0.05) is 23.3 Å². The summed E-state index contributed by atoms with van der Waals surface area (Å²) >= 11 is 0. The van der Waals surface area contributed by atoms with Crippen molar-refractivity contribution < 1.29 is 14.7 Å². The van der Waals surface area contributed by atoms with Crippen molar-refractivity contribution >= 4 is 28.5 Å². The summed E-state index contributed by atoms with van der Waals surface area (Å²) in [5.74, 6) is -0.548. The molecule has 0 aliphatic carbocycles. The molecule has 0 aliphatic heterocycles. The number of benzene rings is 1. The SMILES string of the molecule is CCC(O)CNC(=O)Nc1ccc2nc(C)cc(C(N)=O)c2c1. The van der Waals surface area contributed by atoms with Gasteiger partial charge < -0.3 is 21.5 Å². The van der Waals surface area contributed by atoms with Gasteiger partial charge in [-0.2, -0.15) is 0 Å². The van der Waals surface area contributed by atoms with Crippen LogP contribution in [0.1, 0.15) is 29.4 Å². The van der Waals surface area contributed by atoms with E-state index in [0.29, 0.717) is 34.3 Å². The maximum atomic E-state index is 11.8. The highest BCUT2D eigenvalue weighted by Crippen LogP contribution is 2.22. The smallest absolute Gasteiger partial charge is 0.319 e. The number of aliphatic hydroxyl groups is 1. The van der Waals surface area contributed by atoms with Gasteiger partial charge in [0.05, 0.1) is 17.2 Å². The van der Waals surface area contributed by atoms with Crippen LogP contribution in [0.2, 0.25) is 0 Å². The predicted octanol–water partition coefficient (Wildman–Crippen LogP) is 1.53. The number of fused-ring (bicyclic) bond motifs is 1. The second kappa shape index (κ2) is 7.06. The number of aliphatic hydroxyl groups excluding tert-OH is 1. The zero-order valence-electron chi connectivity index (χ0n) is 13.1. The lowest BCUT2D eigenvalue weighted by Crippen LogP contribution is -2.34. The summed E-state index contributed by atoms with van der Waals surface area (Å²) in [5, 5.41) is 15.2. The summed E-state index contributed by atoms with van der Waals surface area (Å²) in [6.45, 7) is 3.78. The Hall–Kier alpha value is -2.67. The maximum absolute atomic E-state index is 11.8. The first-order chi connectivity index (χ1) is 10.9. The zero-order chi connectivity index (χ0) is 17.0. The van der Waals surface area contributed by atoms with Crippen LogP contribution >= 0.6 is 0 Å². The Morgan fingerprint density at radius 2 is 2.09 bits per heavy atom. The minimum Gasteiger partial charge on any atom is -0.391 e. The van der Waals surface area contributed by atoms with Crippen LogP contribution in [0.25, 0.3) is 10.9 Å². The van der Waals surface area contributed by atoms with Gasteiger partial charge in [-0.1, -0.05) is 6.92 Å². The molecule has 7 nitrogen and oxygen atoms in total. The molecule has 1 aromatic heterocycles. The second-order valence-corrected chi connectivity index (χ2v) is 5.30. The molecule has 0 fully saturated rings. The number of aryl methyl sites for hydroxylation is 1. The molecule has 0 saturated carbocycles. The van der Waals surface area contributed by atoms with Crippen molar-refractivity contribution in [3.05, 3.63) is 35.5 Å². The number of amides is 3. The van der Waals surface area contributed by atoms with Crippen molar-refractivity contribution in [1.82, 2.24) is 10.3 Å². The van der Waals surface area contributed by atoms with E-state index in [-0.39, 0.29) is 6.54 Å². The third-order valence-electron chi connectivity index (χ3n) is 3.43. The number of carbonyl (C=O) groups is 2. The fourth-order valence-electron chi connectivity index (χ4n) is 2.17. The van der Waals surface area contributed by atoms with Gasteiger partial charge in [0.15, 0.2) is 0 Å². The summed E-state index contributed by atoms with van der Waals surface area (Å²) in [7, 11) is 0. The number of hydrogen-bond donors (Lipinski definition) is 4. The molecule has 23 heavy (non-hydrogen) atoms. The number of pyridine rings is 1. The van der Waals surface area contributed by atoms with Crippen molar-refractivity contribution in [2.24, 2.45) is 5.73 Å². The average molecular weight is 316 g/mol. The maximum Gasteiger partial charge on any atom is 0.319 e. The van der Waals surface area contributed by atoms with Crippen LogP contribution in [-0.4, -0.2) is 34.7 Å². The molecular weight excluding hydrogens is 296 g/mol. The quantitative estimate of drug-likeness (QED) is 0.669. The first-order valence-electron chi connectivity index (χ1n) is 7.34. The van der Waals surface area contributed by atoms with E-state index < -0.39 is 18.0 Å². The Morgan fingerprint density at radius 3 is 2.74 bits per heavy atom. The normalized spacial score (nSPS) is 12.0. The van der Waals surface area contributed by atoms with E-state index in [1.54, 1.807) is 31.2 Å². The van der Waals surface area contributed by atoms with Gasteiger partial charge in [0.2, 0.25) is 5.91 Å². The highest BCUT2D eigenvalue weighted by Gasteiger charge is 2.11. The summed E-state index contributed by atoms with van der Waals surface area (Å²) in [6.07, 6.45) is -0.0190. The van der Waals surface area contributed by atoms with E-state index in [1.807, 2.05) is 6.92 Å². The van der Waals surface area contributed by atoms with E-state index in [9.17, 15) is 14.7 Å². The number of carbonyl (C=O) groups excluding carboxylic acids is 2. The molecule has 0 bridgehead atoms. The number of rotatable bonds is 5. The van der Waals surface area contributed by atoms with Gasteiger partial charge in [0.25, 0.3) is 0 Å². The van der Waals surface area contributed by atoms with E-state index in [4.69, 9.17) is 5.73 Å². The molecule has 1 atom stereocenters. The van der Waals surface area contributed by atoms with Gasteiger partial charge in [-0.3, -0.25) is 9.78 Å². The number of nitrogens with zero attached hydrogens (tertiary/aromatic N) is 1. The number of nitrogens with two attached hydrogens (primary N) is 1. The molecule has 2 aromatic rings. The van der Waals surface area contributed by atoms with Crippen LogP contribution in [0.3, 0.4) is 0 Å². The molecule has 0 radical (unpaired) electrons. The highest BCUT2D eigenvalue weighted by atomic mass is 16.3. The molecular formula is C16H20N4O3. The van der Waals surface area contributed by atoms with E-state index >= 15 is 0 Å². The van der Waals surface area contributed by atoms with Gasteiger partial charge in [0.1, 0.15) is 0 Å². The standard InChI is InChI=1S/C16H20N4O3/c1-3-11(21)8-18-16(23)20-10-4-5-14-12(7-10)13(15(17)22)6-9(2)19-14/h4-7,11,21H,3,8H2,1-2H3,(H2,17,22)(H2,18,20,23). The van der Waals surface area contributed by atoms with Crippen LogP contribution in [0.15, 0.2) is 24.3 Å². The number of anilines is 1. The van der Waals surface area contributed by atoms with Gasteiger partial charge in [-0.25, -0.2) is 4.79 Å². The molecule has 1 heterocycles. The number of primary amides is 1. The first-order valence-corrected chi connectivity index (χ1v) is 7.34. The second-order valence-electron chi connectivity index (χ2n) is 5.30. The molecule has 0 aliphatic rings. The Balaban J connectivity index is 2.23. The fraction of sp³-hybridized carbons (Fsp3) is 0.312. The summed E-state index contributed by atoms with van der Waals surface area (Å²) in [6, 6.07) is 6.24. The van der Waals surface area contributed by atoms with Crippen LogP contribution < -0.4 is 16.4 Å². The first kappa shape index (κ1) is 16.7. The minimum absolute atomic E-state index is 0.170. The summed E-state index contributed by atoms with van der Waals surface area (Å²) < 4.78 is 0. The van der Waals surface area contributed by atoms with Crippen molar-refractivity contribution in [3.8, 4) is 0 Å². The highest BCUT2D eigenvalue weighted by molar-refractivity contribution is 6.06. The van der Waals surface area contributed by atoms with Crippen LogP contribution in [-0.2, 0) is 0 Å². The van der Waals surface area contributed by atoms with Crippen LogP contribution in [0, 0.1) is 6.92 Å². The van der Waals surface area contributed by atoms with Crippen molar-refractivity contribution in [2.45, 2.75) is 26.4 Å². The van der Waals surface area contributed by atoms with Crippen molar-refractivity contribution in [3.63, 3.8) is 0 Å². The fourth-order valence-corrected chi connectivity index (χ4v) is 2.17. The van der Waals surface area contributed by atoms with Gasteiger partial charge >= 0.3 is 6.03 Å². The third-order valence-corrected chi connectivity index (χ3v) is 3.43. The summed E-state index contributed by atoms with van der Waals surface area (Å²) in [4.78, 5) is 27.7. The summed E-state index contributed by atoms with van der Waals surface area (Å²) in [5.41, 5.74) is 7.59. The lowest BCUT2D eigenvalue weighted by Gasteiger charge is -2.12. The number of hydrogen-bond acceptors (Lipinski definition) is 4. The lowest BCUT2D eigenvalue weighted by molar-refractivity contribution is 0.100. The molecule has 3 amide bonds. The monoisotopic (exact) mass is 316 g/mol. The molecule has 122 valence electrons. The molecule has 0 saturated heterocycles. The number of aromatic nitrogens is 1. The van der Waals surface area contributed by atoms with Crippen molar-refractivity contribution in [2.75, 3.05) is 11.9 Å². The Morgan fingerprint density at radius 1 is 1.35 bits per heavy atom. The van der Waals surface area contributed by atoms with Crippen LogP contribution in [0.5, 0.6) is 0 Å². The van der Waals surface area contributed by atoms with Gasteiger partial charge in [-0.15, -0.1) is 0 Å². The van der Waals surface area contributed by atoms with Crippen LogP contribution in [0.4, 0.5) is 10.5 Å². The van der Waals surface area contributed by atoms with E-state index in [0.717, 1.165) is 0 Å². The van der Waals surface area contributed by atoms with Crippen molar-refractivity contribution in [1.29, 1.82) is 0 Å². The number of urea groups is 1. The third kappa shape index (κ3) is 4.17. The molecule has 7 heteroatoms. The average Bonchev–Trinajstić information content (AvgIpc) is 2.51. The lowest BCUT2D eigenvalue weighted by atomic mass is 10.1. The topological polar surface area (TPSA) is 117 Å².